The summed E-state index contributed by atoms with van der Waals surface area (Å²) in [5.41, 5.74) is 0.789. The molecule has 1 aromatic carbocycles. The number of hydrogen-bond donors (Lipinski definition) is 1. The number of imide groups is 1. The highest BCUT2D eigenvalue weighted by atomic mass is 16.4. The SMILES string of the molecule is CC(C)C1=C[C@@]23CC[C@@H]4[C@](C)(CCC[C@@]4(C)C(=O)O)[C@H]2C[C@H]1[C@H]1C(=O)N(c2ccccc2)C(=O)[C@H]13. The first kappa shape index (κ1) is 23.0. The number of hydrogen-bond acceptors (Lipinski definition) is 3. The van der Waals surface area contributed by atoms with Gasteiger partial charge in [-0.25, -0.2) is 0 Å². The van der Waals surface area contributed by atoms with Crippen LogP contribution in [0.3, 0.4) is 0 Å². The summed E-state index contributed by atoms with van der Waals surface area (Å²) in [6.07, 6.45) is 7.58. The number of fused-ring (bicyclic) bond motifs is 1. The number of carbonyl (C=O) groups is 3. The van der Waals surface area contributed by atoms with Crippen molar-refractivity contribution in [1.82, 2.24) is 0 Å². The second-order valence-corrected chi connectivity index (χ2v) is 12.8. The first-order valence-corrected chi connectivity index (χ1v) is 13.4. The molecule has 1 aromatic rings. The van der Waals surface area contributed by atoms with Crippen LogP contribution in [0.2, 0.25) is 0 Å². The second kappa shape index (κ2) is 7.30. The third-order valence-electron chi connectivity index (χ3n) is 11.2. The predicted molar refractivity (Wildman–Crippen MR) is 133 cm³/mol. The lowest BCUT2D eigenvalue weighted by Crippen LogP contribution is -2.65. The minimum absolute atomic E-state index is 0.0356. The van der Waals surface area contributed by atoms with Crippen molar-refractivity contribution in [3.63, 3.8) is 0 Å². The van der Waals surface area contributed by atoms with Crippen LogP contribution in [0.25, 0.3) is 0 Å². The molecular weight excluding hydrogens is 438 g/mol. The Hall–Kier alpha value is -2.43. The van der Waals surface area contributed by atoms with Crippen molar-refractivity contribution in [1.29, 1.82) is 0 Å². The number of allylic oxidation sites excluding steroid dienone is 2. The summed E-state index contributed by atoms with van der Waals surface area (Å²) in [7, 11) is 0. The molecule has 5 heteroatoms. The molecule has 2 amide bonds. The van der Waals surface area contributed by atoms with Gasteiger partial charge in [0, 0.05) is 5.41 Å². The van der Waals surface area contributed by atoms with Gasteiger partial charge in [-0.05, 0) is 80.2 Å². The summed E-state index contributed by atoms with van der Waals surface area (Å²) in [5, 5.41) is 10.3. The third kappa shape index (κ3) is 2.73. The highest BCUT2D eigenvalue weighted by molar-refractivity contribution is 6.22. The molecule has 1 spiro atoms. The molecule has 7 rings (SSSR count). The fourth-order valence-electron chi connectivity index (χ4n) is 9.79. The van der Waals surface area contributed by atoms with Crippen LogP contribution in [0.4, 0.5) is 5.69 Å². The number of anilines is 1. The first-order valence-electron chi connectivity index (χ1n) is 13.4. The minimum atomic E-state index is -0.721. The number of para-hydroxylation sites is 1. The molecule has 186 valence electrons. The van der Waals surface area contributed by atoms with Gasteiger partial charge in [-0.15, -0.1) is 0 Å². The Labute approximate surface area is 208 Å². The molecule has 2 bridgehead atoms. The summed E-state index contributed by atoms with van der Waals surface area (Å²) >= 11 is 0. The first-order chi connectivity index (χ1) is 16.6. The summed E-state index contributed by atoms with van der Waals surface area (Å²) in [6.45, 7) is 8.69. The van der Waals surface area contributed by atoms with Gasteiger partial charge in [0.15, 0.2) is 0 Å². The van der Waals surface area contributed by atoms with Gasteiger partial charge in [-0.3, -0.25) is 19.3 Å². The monoisotopic (exact) mass is 475 g/mol. The third-order valence-corrected chi connectivity index (χ3v) is 11.2. The number of carboxylic acid groups (broad SMARTS) is 1. The summed E-state index contributed by atoms with van der Waals surface area (Å²) < 4.78 is 0. The van der Waals surface area contributed by atoms with Gasteiger partial charge in [0.1, 0.15) is 0 Å². The lowest BCUT2D eigenvalue weighted by molar-refractivity contribution is -0.194. The molecule has 1 aliphatic heterocycles. The van der Waals surface area contributed by atoms with Crippen LogP contribution in [-0.4, -0.2) is 22.9 Å². The molecule has 4 fully saturated rings. The van der Waals surface area contributed by atoms with Crippen molar-refractivity contribution >= 4 is 23.5 Å². The van der Waals surface area contributed by atoms with Gasteiger partial charge < -0.3 is 5.11 Å². The van der Waals surface area contributed by atoms with Crippen LogP contribution in [0.5, 0.6) is 0 Å². The highest BCUT2D eigenvalue weighted by Gasteiger charge is 2.73. The van der Waals surface area contributed by atoms with Crippen LogP contribution in [0.15, 0.2) is 42.0 Å². The van der Waals surface area contributed by atoms with Crippen molar-refractivity contribution in [3.05, 3.63) is 42.0 Å². The number of aliphatic carboxylic acids is 1. The van der Waals surface area contributed by atoms with E-state index in [1.807, 2.05) is 37.3 Å². The predicted octanol–water partition coefficient (Wildman–Crippen LogP) is 5.70. The Morgan fingerprint density at radius 1 is 1.03 bits per heavy atom. The summed E-state index contributed by atoms with van der Waals surface area (Å²) in [4.78, 5) is 42.0. The van der Waals surface area contributed by atoms with Crippen LogP contribution in [0.1, 0.15) is 66.2 Å². The quantitative estimate of drug-likeness (QED) is 0.449. The average molecular weight is 476 g/mol. The number of carboxylic acids is 1. The molecule has 3 saturated carbocycles. The van der Waals surface area contributed by atoms with Gasteiger partial charge in [0.25, 0.3) is 0 Å². The van der Waals surface area contributed by atoms with Crippen molar-refractivity contribution in [2.75, 3.05) is 4.90 Å². The van der Waals surface area contributed by atoms with E-state index in [4.69, 9.17) is 0 Å². The molecule has 1 N–H and O–H groups in total. The van der Waals surface area contributed by atoms with Gasteiger partial charge in [-0.2, -0.15) is 0 Å². The second-order valence-electron chi connectivity index (χ2n) is 12.8. The van der Waals surface area contributed by atoms with E-state index in [1.165, 1.54) is 10.5 Å². The topological polar surface area (TPSA) is 74.7 Å². The zero-order valence-electron chi connectivity index (χ0n) is 21.3. The van der Waals surface area contributed by atoms with E-state index >= 15 is 0 Å². The standard InChI is InChI=1S/C30H37NO4/c1-17(2)20-16-30-14-11-21-28(3,12-8-13-29(21,4)27(34)35)22(30)15-19(20)23-24(30)26(33)31(25(23)32)18-9-6-5-7-10-18/h5-7,9-10,16-17,19,21-24H,8,11-15H2,1-4H3,(H,34,35)/t19-,21-,22-,23-,24+,28+,29-,30+/m1/s1. The fraction of sp³-hybridized carbons (Fsp3) is 0.633. The molecule has 1 saturated heterocycles. The van der Waals surface area contributed by atoms with E-state index in [-0.39, 0.29) is 52.2 Å². The van der Waals surface area contributed by atoms with E-state index in [0.717, 1.165) is 38.5 Å². The van der Waals surface area contributed by atoms with E-state index in [9.17, 15) is 19.5 Å². The van der Waals surface area contributed by atoms with Gasteiger partial charge in [0.2, 0.25) is 11.8 Å². The molecule has 5 aliphatic carbocycles. The maximum atomic E-state index is 14.1. The van der Waals surface area contributed by atoms with E-state index in [1.54, 1.807) is 0 Å². The van der Waals surface area contributed by atoms with Crippen LogP contribution >= 0.6 is 0 Å². The van der Waals surface area contributed by atoms with Crippen molar-refractivity contribution in [3.8, 4) is 0 Å². The molecule has 5 nitrogen and oxygen atoms in total. The Kier molecular flexibility index (Phi) is 4.80. The summed E-state index contributed by atoms with van der Waals surface area (Å²) in [5.74, 6) is -0.668. The smallest absolute Gasteiger partial charge is 0.309 e. The Morgan fingerprint density at radius 3 is 2.40 bits per heavy atom. The maximum Gasteiger partial charge on any atom is 0.309 e. The van der Waals surface area contributed by atoms with Crippen molar-refractivity contribution in [2.24, 2.45) is 51.8 Å². The van der Waals surface area contributed by atoms with Crippen LogP contribution in [-0.2, 0) is 14.4 Å². The summed E-state index contributed by atoms with van der Waals surface area (Å²) in [6, 6.07) is 9.39. The number of nitrogens with zero attached hydrogens (tertiary/aromatic N) is 1. The van der Waals surface area contributed by atoms with E-state index in [0.29, 0.717) is 11.6 Å². The van der Waals surface area contributed by atoms with E-state index < -0.39 is 11.4 Å². The average Bonchev–Trinajstić information content (AvgIpc) is 3.11. The zero-order chi connectivity index (χ0) is 24.9. The molecule has 0 unspecified atom stereocenters. The lowest BCUT2D eigenvalue weighted by atomic mass is 9.34. The van der Waals surface area contributed by atoms with Crippen LogP contribution in [0, 0.1) is 51.8 Å². The number of benzene rings is 1. The maximum absolute atomic E-state index is 14.1. The molecular formula is C30H37NO4. The normalized spacial score (nSPS) is 44.1. The van der Waals surface area contributed by atoms with Gasteiger partial charge >= 0.3 is 5.97 Å². The molecule has 8 atom stereocenters. The highest BCUT2D eigenvalue weighted by Crippen LogP contribution is 2.74. The Bertz CT molecular complexity index is 1140. The van der Waals surface area contributed by atoms with Gasteiger partial charge in [-0.1, -0.05) is 57.0 Å². The molecule has 1 heterocycles. The molecule has 35 heavy (non-hydrogen) atoms. The Balaban J connectivity index is 1.50. The van der Waals surface area contributed by atoms with Gasteiger partial charge in [0.05, 0.1) is 22.9 Å². The Morgan fingerprint density at radius 2 is 1.74 bits per heavy atom. The lowest BCUT2D eigenvalue weighted by Gasteiger charge is -2.68. The largest absolute Gasteiger partial charge is 0.481 e. The van der Waals surface area contributed by atoms with E-state index in [2.05, 4.69) is 26.8 Å². The molecule has 0 radical (unpaired) electrons. The number of carbonyl (C=O) groups excluding carboxylic acids is 2. The number of amides is 2. The molecule has 0 aromatic heterocycles. The zero-order valence-corrected chi connectivity index (χ0v) is 21.3. The number of rotatable bonds is 3. The van der Waals surface area contributed by atoms with Crippen molar-refractivity contribution in [2.45, 2.75) is 66.2 Å². The fourth-order valence-corrected chi connectivity index (χ4v) is 9.79. The van der Waals surface area contributed by atoms with Crippen molar-refractivity contribution < 1.29 is 19.5 Å². The molecule has 6 aliphatic rings. The van der Waals surface area contributed by atoms with Crippen LogP contribution < -0.4 is 4.90 Å². The minimum Gasteiger partial charge on any atom is -0.481 e.